The summed E-state index contributed by atoms with van der Waals surface area (Å²) in [6.07, 6.45) is 0. The normalized spacial score (nSPS) is 13.1. The quantitative estimate of drug-likeness (QED) is 0.837. The third-order valence-electron chi connectivity index (χ3n) is 3.71. The van der Waals surface area contributed by atoms with Crippen LogP contribution in [-0.2, 0) is 11.3 Å². The molecule has 1 aromatic carbocycles. The fourth-order valence-electron chi connectivity index (χ4n) is 2.85. The van der Waals surface area contributed by atoms with Crippen LogP contribution in [-0.4, -0.2) is 11.7 Å². The van der Waals surface area contributed by atoms with Crippen LogP contribution in [0.1, 0.15) is 57.5 Å². The molecule has 0 aliphatic carbocycles. The van der Waals surface area contributed by atoms with Gasteiger partial charge in [0.15, 0.2) is 5.78 Å². The highest BCUT2D eigenvalue weighted by Crippen LogP contribution is 2.32. The van der Waals surface area contributed by atoms with Gasteiger partial charge in [-0.25, -0.2) is 0 Å². The fourth-order valence-corrected chi connectivity index (χ4v) is 2.85. The Morgan fingerprint density at radius 3 is 2.00 bits per heavy atom. The number of hydrogen-bond acceptors (Lipinski definition) is 2. The molecule has 0 saturated carbocycles. The van der Waals surface area contributed by atoms with Crippen molar-refractivity contribution in [2.24, 2.45) is 17.3 Å². The predicted molar refractivity (Wildman–Crippen MR) is 86.1 cm³/mol. The molecule has 0 aliphatic heterocycles. The average molecular weight is 289 g/mol. The Morgan fingerprint density at radius 1 is 1.10 bits per heavy atom. The zero-order chi connectivity index (χ0) is 16.2. The number of Topliss-reactive ketones (excluding diaryl/α,β-unsaturated/α-hetero) is 1. The second-order valence-electron chi connectivity index (χ2n) is 7.06. The number of carbonyl (C=O) groups excluding carboxylic acids is 2. The monoisotopic (exact) mass is 289 g/mol. The molecular formula is C18H27NO2. The molecule has 0 aromatic heterocycles. The summed E-state index contributed by atoms with van der Waals surface area (Å²) < 4.78 is 0. The van der Waals surface area contributed by atoms with Crippen LogP contribution in [0, 0.1) is 17.3 Å². The van der Waals surface area contributed by atoms with E-state index in [1.54, 1.807) is 19.1 Å². The van der Waals surface area contributed by atoms with Crippen LogP contribution in [0.2, 0.25) is 0 Å². The predicted octanol–water partition coefficient (Wildman–Crippen LogP) is 3.82. The van der Waals surface area contributed by atoms with Crippen molar-refractivity contribution in [3.63, 3.8) is 0 Å². The maximum Gasteiger partial charge on any atom is 0.224 e. The van der Waals surface area contributed by atoms with Gasteiger partial charge < -0.3 is 5.32 Å². The average Bonchev–Trinajstić information content (AvgIpc) is 2.34. The third-order valence-corrected chi connectivity index (χ3v) is 3.71. The van der Waals surface area contributed by atoms with E-state index in [1.165, 1.54) is 0 Å². The van der Waals surface area contributed by atoms with Gasteiger partial charge in [0.05, 0.1) is 0 Å². The molecule has 0 bridgehead atoms. The van der Waals surface area contributed by atoms with Crippen LogP contribution < -0.4 is 5.32 Å². The van der Waals surface area contributed by atoms with Crippen LogP contribution in [0.5, 0.6) is 0 Å². The minimum atomic E-state index is -0.0588. The molecule has 0 saturated heterocycles. The molecule has 1 aromatic rings. The SMILES string of the molecule is CC(=O)c1ccc(CNC(=O)C(C(C)C)C(C)(C)C)cc1. The van der Waals surface area contributed by atoms with Gasteiger partial charge in [0, 0.05) is 18.0 Å². The Labute approximate surface area is 128 Å². The molecule has 1 atom stereocenters. The number of ketones is 1. The molecule has 1 rings (SSSR count). The van der Waals surface area contributed by atoms with Gasteiger partial charge in [-0.05, 0) is 23.8 Å². The van der Waals surface area contributed by atoms with E-state index in [2.05, 4.69) is 39.9 Å². The zero-order valence-electron chi connectivity index (χ0n) is 14.0. The lowest BCUT2D eigenvalue weighted by Gasteiger charge is -2.32. The standard InChI is InChI=1S/C18H27NO2/c1-12(2)16(18(4,5)6)17(21)19-11-14-7-9-15(10-8-14)13(3)20/h7-10,12,16H,11H2,1-6H3,(H,19,21). The molecule has 0 heterocycles. The highest BCUT2D eigenvalue weighted by Gasteiger charge is 2.33. The summed E-state index contributed by atoms with van der Waals surface area (Å²) in [7, 11) is 0. The van der Waals surface area contributed by atoms with Crippen molar-refractivity contribution < 1.29 is 9.59 Å². The van der Waals surface area contributed by atoms with Crippen LogP contribution >= 0.6 is 0 Å². The maximum atomic E-state index is 12.4. The summed E-state index contributed by atoms with van der Waals surface area (Å²) in [6, 6.07) is 7.37. The fraction of sp³-hybridized carbons (Fsp3) is 0.556. The lowest BCUT2D eigenvalue weighted by Crippen LogP contribution is -2.40. The first-order valence-electron chi connectivity index (χ1n) is 7.50. The molecule has 0 aliphatic rings. The first-order chi connectivity index (χ1) is 9.62. The Kier molecular flexibility index (Phi) is 5.70. The number of rotatable bonds is 5. The second-order valence-corrected chi connectivity index (χ2v) is 7.06. The van der Waals surface area contributed by atoms with Gasteiger partial charge in [-0.15, -0.1) is 0 Å². The third kappa shape index (κ3) is 5.00. The van der Waals surface area contributed by atoms with Crippen LogP contribution in [0.15, 0.2) is 24.3 Å². The van der Waals surface area contributed by atoms with Crippen LogP contribution in [0.25, 0.3) is 0 Å². The van der Waals surface area contributed by atoms with Gasteiger partial charge in [-0.1, -0.05) is 58.9 Å². The summed E-state index contributed by atoms with van der Waals surface area (Å²) in [6.45, 7) is 12.5. The van der Waals surface area contributed by atoms with Crippen LogP contribution in [0.4, 0.5) is 0 Å². The maximum absolute atomic E-state index is 12.4. The van der Waals surface area contributed by atoms with Gasteiger partial charge in [-0.2, -0.15) is 0 Å². The summed E-state index contributed by atoms with van der Waals surface area (Å²) in [5, 5.41) is 3.01. The Morgan fingerprint density at radius 2 is 1.62 bits per heavy atom. The van der Waals surface area contributed by atoms with E-state index < -0.39 is 0 Å². The van der Waals surface area contributed by atoms with E-state index in [9.17, 15) is 9.59 Å². The van der Waals surface area contributed by atoms with E-state index in [4.69, 9.17) is 0 Å². The zero-order valence-corrected chi connectivity index (χ0v) is 14.0. The first-order valence-corrected chi connectivity index (χ1v) is 7.50. The number of amides is 1. The highest BCUT2D eigenvalue weighted by atomic mass is 16.2. The molecule has 0 spiro atoms. The van der Waals surface area contributed by atoms with Crippen LogP contribution in [0.3, 0.4) is 0 Å². The topological polar surface area (TPSA) is 46.2 Å². The lowest BCUT2D eigenvalue weighted by atomic mass is 9.74. The highest BCUT2D eigenvalue weighted by molar-refractivity contribution is 5.94. The van der Waals surface area contributed by atoms with Crippen molar-refractivity contribution in [2.75, 3.05) is 0 Å². The molecule has 0 fully saturated rings. The Bertz CT molecular complexity index is 495. The van der Waals surface area contributed by atoms with Gasteiger partial charge in [0.25, 0.3) is 0 Å². The summed E-state index contributed by atoms with van der Waals surface area (Å²) in [5.74, 6) is 0.422. The Hall–Kier alpha value is -1.64. The number of benzene rings is 1. The van der Waals surface area contributed by atoms with E-state index in [0.717, 1.165) is 5.56 Å². The van der Waals surface area contributed by atoms with Gasteiger partial charge in [0.1, 0.15) is 0 Å². The van der Waals surface area contributed by atoms with E-state index >= 15 is 0 Å². The molecule has 116 valence electrons. The largest absolute Gasteiger partial charge is 0.352 e. The summed E-state index contributed by atoms with van der Waals surface area (Å²) in [4.78, 5) is 23.6. The van der Waals surface area contributed by atoms with E-state index in [1.807, 2.05) is 12.1 Å². The lowest BCUT2D eigenvalue weighted by molar-refractivity contribution is -0.130. The molecule has 1 unspecified atom stereocenters. The molecule has 1 N–H and O–H groups in total. The number of carbonyl (C=O) groups is 2. The first kappa shape index (κ1) is 17.4. The number of hydrogen-bond donors (Lipinski definition) is 1. The molecule has 0 radical (unpaired) electrons. The van der Waals surface area contributed by atoms with Crippen molar-refractivity contribution in [1.29, 1.82) is 0 Å². The second kappa shape index (κ2) is 6.88. The minimum absolute atomic E-state index is 0.0195. The molecule has 3 nitrogen and oxygen atoms in total. The van der Waals surface area contributed by atoms with Gasteiger partial charge in [-0.3, -0.25) is 9.59 Å². The van der Waals surface area contributed by atoms with Crippen molar-refractivity contribution in [3.8, 4) is 0 Å². The van der Waals surface area contributed by atoms with Crippen molar-refractivity contribution in [1.82, 2.24) is 5.32 Å². The number of nitrogens with one attached hydrogen (secondary N) is 1. The molecule has 1 amide bonds. The van der Waals surface area contributed by atoms with Crippen molar-refractivity contribution >= 4 is 11.7 Å². The van der Waals surface area contributed by atoms with Crippen molar-refractivity contribution in [2.45, 2.75) is 48.1 Å². The van der Waals surface area contributed by atoms with Gasteiger partial charge in [0.2, 0.25) is 5.91 Å². The molecule has 21 heavy (non-hydrogen) atoms. The summed E-state index contributed by atoms with van der Waals surface area (Å²) in [5.41, 5.74) is 1.64. The summed E-state index contributed by atoms with van der Waals surface area (Å²) >= 11 is 0. The molecule has 3 heteroatoms. The van der Waals surface area contributed by atoms with E-state index in [0.29, 0.717) is 18.0 Å². The van der Waals surface area contributed by atoms with Crippen molar-refractivity contribution in [3.05, 3.63) is 35.4 Å². The molecular weight excluding hydrogens is 262 g/mol. The van der Waals surface area contributed by atoms with Gasteiger partial charge >= 0.3 is 0 Å². The Balaban J connectivity index is 2.69. The minimum Gasteiger partial charge on any atom is -0.352 e. The van der Waals surface area contributed by atoms with E-state index in [-0.39, 0.29) is 23.0 Å². The smallest absolute Gasteiger partial charge is 0.224 e.